The molecule has 0 spiro atoms. The van der Waals surface area contributed by atoms with Gasteiger partial charge < -0.3 is 10.6 Å². The van der Waals surface area contributed by atoms with E-state index in [2.05, 4.69) is 10.6 Å². The summed E-state index contributed by atoms with van der Waals surface area (Å²) in [5.41, 5.74) is 0.508. The molecule has 1 aromatic rings. The molecule has 0 bridgehead atoms. The fourth-order valence-corrected chi connectivity index (χ4v) is 1.55. The van der Waals surface area contributed by atoms with Crippen molar-refractivity contribution in [2.45, 2.75) is 6.92 Å². The van der Waals surface area contributed by atoms with Gasteiger partial charge in [0, 0.05) is 12.6 Å². The van der Waals surface area contributed by atoms with E-state index >= 15 is 0 Å². The van der Waals surface area contributed by atoms with E-state index in [-0.39, 0.29) is 17.5 Å². The van der Waals surface area contributed by atoms with Crippen molar-refractivity contribution in [3.05, 3.63) is 24.0 Å². The van der Waals surface area contributed by atoms with Crippen LogP contribution in [0.2, 0.25) is 0 Å². The summed E-state index contributed by atoms with van der Waals surface area (Å²) in [4.78, 5) is 22.2. The Hall–Kier alpha value is -1.56. The third-order valence-electron chi connectivity index (χ3n) is 1.84. The van der Waals surface area contributed by atoms with Crippen molar-refractivity contribution in [1.82, 2.24) is 0 Å². The van der Waals surface area contributed by atoms with Gasteiger partial charge in [-0.25, -0.2) is 4.39 Å². The lowest BCUT2D eigenvalue weighted by molar-refractivity contribution is -0.114. The number of rotatable bonds is 4. The molecule has 2 amide bonds. The fourth-order valence-electron chi connectivity index (χ4n) is 1.22. The van der Waals surface area contributed by atoms with Crippen LogP contribution in [0.4, 0.5) is 15.8 Å². The van der Waals surface area contributed by atoms with E-state index in [0.29, 0.717) is 11.4 Å². The average molecular weight is 256 g/mol. The maximum Gasteiger partial charge on any atom is 0.234 e. The molecule has 0 fully saturated rings. The van der Waals surface area contributed by atoms with Crippen LogP contribution in [0.3, 0.4) is 0 Å². The van der Waals surface area contributed by atoms with Crippen LogP contribution in [-0.4, -0.2) is 23.8 Å². The maximum absolute atomic E-state index is 13.3. The third-order valence-corrected chi connectivity index (χ3v) is 2.39. The van der Waals surface area contributed by atoms with E-state index in [1.807, 2.05) is 6.26 Å². The van der Waals surface area contributed by atoms with Gasteiger partial charge in [-0.05, 0) is 24.5 Å². The Bertz CT molecular complexity index is 437. The number of benzene rings is 1. The van der Waals surface area contributed by atoms with Crippen LogP contribution in [0.1, 0.15) is 6.92 Å². The quantitative estimate of drug-likeness (QED) is 0.867. The number of carbonyl (C=O) groups is 2. The number of thioether (sulfide) groups is 1. The zero-order valence-corrected chi connectivity index (χ0v) is 10.4. The Morgan fingerprint density at radius 2 is 2.06 bits per heavy atom. The number of nitrogens with one attached hydrogen (secondary N) is 2. The molecule has 0 saturated heterocycles. The first kappa shape index (κ1) is 13.5. The molecule has 0 saturated carbocycles. The first-order valence-corrected chi connectivity index (χ1v) is 6.28. The van der Waals surface area contributed by atoms with Crippen molar-refractivity contribution in [3.8, 4) is 0 Å². The Morgan fingerprint density at radius 1 is 1.35 bits per heavy atom. The van der Waals surface area contributed by atoms with Crippen molar-refractivity contribution in [2.24, 2.45) is 0 Å². The summed E-state index contributed by atoms with van der Waals surface area (Å²) in [7, 11) is 0. The molecule has 1 rings (SSSR count). The van der Waals surface area contributed by atoms with Gasteiger partial charge in [0.1, 0.15) is 5.82 Å². The van der Waals surface area contributed by atoms with E-state index in [4.69, 9.17) is 0 Å². The molecule has 17 heavy (non-hydrogen) atoms. The predicted molar refractivity (Wildman–Crippen MR) is 67.7 cm³/mol. The van der Waals surface area contributed by atoms with Gasteiger partial charge in [-0.3, -0.25) is 9.59 Å². The lowest BCUT2D eigenvalue weighted by Crippen LogP contribution is -2.14. The summed E-state index contributed by atoms with van der Waals surface area (Å²) in [6.07, 6.45) is 1.81. The minimum absolute atomic E-state index is 0.0550. The normalized spacial score (nSPS) is 9.82. The zero-order valence-electron chi connectivity index (χ0n) is 9.54. The van der Waals surface area contributed by atoms with Gasteiger partial charge in [0.05, 0.1) is 11.4 Å². The highest BCUT2D eigenvalue weighted by Gasteiger charge is 2.07. The smallest absolute Gasteiger partial charge is 0.234 e. The van der Waals surface area contributed by atoms with Crippen LogP contribution in [0.5, 0.6) is 0 Å². The van der Waals surface area contributed by atoms with Crippen LogP contribution < -0.4 is 10.6 Å². The Kier molecular flexibility index (Phi) is 4.96. The van der Waals surface area contributed by atoms with Crippen LogP contribution in [0.15, 0.2) is 18.2 Å². The lowest BCUT2D eigenvalue weighted by Gasteiger charge is -2.08. The summed E-state index contributed by atoms with van der Waals surface area (Å²) in [6, 6.07) is 4.02. The van der Waals surface area contributed by atoms with Crippen molar-refractivity contribution >= 4 is 35.0 Å². The lowest BCUT2D eigenvalue weighted by atomic mass is 10.2. The second kappa shape index (κ2) is 6.24. The Balaban J connectivity index is 2.81. The van der Waals surface area contributed by atoms with E-state index in [0.717, 1.165) is 0 Å². The number of halogens is 1. The van der Waals surface area contributed by atoms with Crippen molar-refractivity contribution in [2.75, 3.05) is 22.6 Å². The van der Waals surface area contributed by atoms with Crippen molar-refractivity contribution in [1.29, 1.82) is 0 Å². The summed E-state index contributed by atoms with van der Waals surface area (Å²) < 4.78 is 13.3. The van der Waals surface area contributed by atoms with Gasteiger partial charge in [-0.15, -0.1) is 0 Å². The highest BCUT2D eigenvalue weighted by molar-refractivity contribution is 7.99. The van der Waals surface area contributed by atoms with E-state index in [1.165, 1.54) is 36.9 Å². The molecule has 0 heterocycles. The molecule has 0 unspecified atom stereocenters. The van der Waals surface area contributed by atoms with Gasteiger partial charge in [0.15, 0.2) is 0 Å². The van der Waals surface area contributed by atoms with Crippen LogP contribution >= 0.6 is 11.8 Å². The second-order valence-electron chi connectivity index (χ2n) is 3.36. The third kappa shape index (κ3) is 4.44. The van der Waals surface area contributed by atoms with Gasteiger partial charge in [-0.1, -0.05) is 0 Å². The van der Waals surface area contributed by atoms with E-state index in [9.17, 15) is 14.0 Å². The molecule has 0 aromatic heterocycles. The molecular formula is C11H13FN2O2S. The molecule has 0 aliphatic carbocycles. The minimum Gasteiger partial charge on any atom is -0.325 e. The highest BCUT2D eigenvalue weighted by Crippen LogP contribution is 2.19. The summed E-state index contributed by atoms with van der Waals surface area (Å²) >= 11 is 1.39. The number of hydrogen-bond donors (Lipinski definition) is 2. The van der Waals surface area contributed by atoms with Crippen LogP contribution in [-0.2, 0) is 9.59 Å². The van der Waals surface area contributed by atoms with E-state index in [1.54, 1.807) is 0 Å². The molecule has 0 aliphatic rings. The molecule has 92 valence electrons. The van der Waals surface area contributed by atoms with Crippen LogP contribution in [0, 0.1) is 5.82 Å². The van der Waals surface area contributed by atoms with Gasteiger partial charge in [-0.2, -0.15) is 11.8 Å². The first-order valence-electron chi connectivity index (χ1n) is 4.89. The molecule has 4 nitrogen and oxygen atoms in total. The summed E-state index contributed by atoms with van der Waals surface area (Å²) in [5, 5.41) is 4.95. The summed E-state index contributed by atoms with van der Waals surface area (Å²) in [6.45, 7) is 1.29. The number of hydrogen-bond acceptors (Lipinski definition) is 3. The topological polar surface area (TPSA) is 58.2 Å². The monoisotopic (exact) mass is 256 g/mol. The Morgan fingerprint density at radius 3 is 2.65 bits per heavy atom. The molecule has 1 aromatic carbocycles. The zero-order chi connectivity index (χ0) is 12.8. The predicted octanol–water partition coefficient (Wildman–Crippen LogP) is 2.09. The standard InChI is InChI=1S/C11H13FN2O2S/c1-7(15)13-10-5-8(3-4-9(10)12)14-11(16)6-17-2/h3-5H,6H2,1-2H3,(H,13,15)(H,14,16). The molecule has 6 heteroatoms. The maximum atomic E-state index is 13.3. The van der Waals surface area contributed by atoms with Gasteiger partial charge in [0.25, 0.3) is 0 Å². The number of carbonyl (C=O) groups excluding carboxylic acids is 2. The molecule has 2 N–H and O–H groups in total. The van der Waals surface area contributed by atoms with Crippen LogP contribution in [0.25, 0.3) is 0 Å². The second-order valence-corrected chi connectivity index (χ2v) is 4.22. The van der Waals surface area contributed by atoms with Gasteiger partial charge >= 0.3 is 0 Å². The molecular weight excluding hydrogens is 243 g/mol. The molecule has 0 atom stereocenters. The Labute approximate surface area is 103 Å². The van der Waals surface area contributed by atoms with E-state index < -0.39 is 5.82 Å². The van der Waals surface area contributed by atoms with Gasteiger partial charge in [0.2, 0.25) is 11.8 Å². The SMILES string of the molecule is CSCC(=O)Nc1ccc(F)c(NC(C)=O)c1. The number of anilines is 2. The van der Waals surface area contributed by atoms with Crippen molar-refractivity contribution in [3.63, 3.8) is 0 Å². The highest BCUT2D eigenvalue weighted by atomic mass is 32.2. The first-order chi connectivity index (χ1) is 8.02. The van der Waals surface area contributed by atoms with Crippen molar-refractivity contribution < 1.29 is 14.0 Å². The largest absolute Gasteiger partial charge is 0.325 e. The summed E-state index contributed by atoms with van der Waals surface area (Å²) in [5.74, 6) is -0.746. The molecule has 0 aliphatic heterocycles. The minimum atomic E-state index is -0.539. The average Bonchev–Trinajstić information content (AvgIpc) is 2.22. The number of amides is 2. The molecule has 0 radical (unpaired) electrons. The fraction of sp³-hybridized carbons (Fsp3) is 0.273.